The first kappa shape index (κ1) is 29.5. The van der Waals surface area contributed by atoms with E-state index in [9.17, 15) is 14.4 Å². The van der Waals surface area contributed by atoms with Gasteiger partial charge in [0.2, 0.25) is 0 Å². The minimum absolute atomic E-state index is 0.0108. The highest BCUT2D eigenvalue weighted by Gasteiger charge is 2.45. The monoisotopic (exact) mass is 614 g/mol. The summed E-state index contributed by atoms with van der Waals surface area (Å²) in [6, 6.07) is 1.56. The Morgan fingerprint density at radius 3 is 2.67 bits per heavy atom. The lowest BCUT2D eigenvalue weighted by molar-refractivity contribution is -0.131. The van der Waals surface area contributed by atoms with Gasteiger partial charge in [-0.1, -0.05) is 6.58 Å². The molecule has 0 saturated carbocycles. The van der Waals surface area contributed by atoms with E-state index in [4.69, 9.17) is 9.72 Å². The number of nitriles is 1. The molecule has 3 aromatic heterocycles. The second kappa shape index (κ2) is 11.9. The average Bonchev–Trinajstić information content (AvgIpc) is 3.64. The zero-order chi connectivity index (χ0) is 31.1. The molecule has 3 fully saturated rings. The number of hydrogen-bond donors (Lipinski definition) is 0. The first-order valence-electron chi connectivity index (χ1n) is 15.9. The Balaban J connectivity index is 1.30. The number of aromatic nitrogens is 4. The summed E-state index contributed by atoms with van der Waals surface area (Å²) in [6.07, 6.45) is 13.2. The molecule has 0 bridgehead atoms. The van der Waals surface area contributed by atoms with Gasteiger partial charge in [-0.15, -0.1) is 0 Å². The molecule has 6 heterocycles. The lowest BCUT2D eigenvalue weighted by Gasteiger charge is -2.41. The number of piperazine rings is 1. The van der Waals surface area contributed by atoms with Crippen molar-refractivity contribution in [3.05, 3.63) is 47.9 Å². The van der Waals surface area contributed by atoms with Gasteiger partial charge in [-0.3, -0.25) is 19.7 Å². The molecule has 3 aliphatic heterocycles. The van der Waals surface area contributed by atoms with Gasteiger partial charge in [0.1, 0.15) is 23.6 Å². The van der Waals surface area contributed by atoms with Gasteiger partial charge in [-0.2, -0.15) is 15.2 Å². The van der Waals surface area contributed by atoms with Crippen molar-refractivity contribution < 1.29 is 18.3 Å². The molecule has 234 valence electrons. The van der Waals surface area contributed by atoms with Gasteiger partial charge in [-0.05, 0) is 75.6 Å². The van der Waals surface area contributed by atoms with E-state index in [1.165, 1.54) is 4.90 Å². The molecule has 0 N–H and O–H groups in total. The molecule has 1 aliphatic carbocycles. The van der Waals surface area contributed by atoms with Crippen molar-refractivity contribution in [2.45, 2.75) is 69.4 Å². The molecular formula is C33H36F2N8O2. The molecule has 1 amide bonds. The van der Waals surface area contributed by atoms with Crippen molar-refractivity contribution in [2.75, 3.05) is 44.2 Å². The number of aryl methyl sites for hydroxylation is 1. The Morgan fingerprint density at radius 1 is 1.09 bits per heavy atom. The van der Waals surface area contributed by atoms with E-state index in [-0.39, 0.29) is 48.8 Å². The lowest BCUT2D eigenvalue weighted by Crippen LogP contribution is -2.55. The molecule has 12 heteroatoms. The van der Waals surface area contributed by atoms with Crippen molar-refractivity contribution in [3.63, 3.8) is 0 Å². The Hall–Kier alpha value is -4.24. The number of anilines is 1. The van der Waals surface area contributed by atoms with Gasteiger partial charge in [0.25, 0.3) is 5.91 Å². The third-order valence-corrected chi connectivity index (χ3v) is 10.1. The summed E-state index contributed by atoms with van der Waals surface area (Å²) in [5, 5.41) is 9.90. The standard InChI is InChI=1S/C33H36F2N8O2/c1-21(34)31(44)43-15-14-41(19-23(43)8-11-36)30-26-18-38-28(25-17-37-16-22-6-2-3-7-24(22)25)27(35)29(26)39-32(40-30)45-20-33-9-4-12-42(33)13-5-10-33/h16-18,23H,1-10,12-15,19-20H2/t23-/m0/s1. The molecule has 0 aromatic carbocycles. The molecular weight excluding hydrogens is 578 g/mol. The number of amides is 1. The Morgan fingerprint density at radius 2 is 1.89 bits per heavy atom. The summed E-state index contributed by atoms with van der Waals surface area (Å²) < 4.78 is 36.8. The van der Waals surface area contributed by atoms with E-state index >= 15 is 4.39 Å². The predicted molar refractivity (Wildman–Crippen MR) is 164 cm³/mol. The number of rotatable bonds is 7. The summed E-state index contributed by atoms with van der Waals surface area (Å²) in [6.45, 7) is 6.26. The molecule has 0 radical (unpaired) electrons. The quantitative estimate of drug-likeness (QED) is 0.355. The number of fused-ring (bicyclic) bond motifs is 3. The lowest BCUT2D eigenvalue weighted by atomic mass is 9.89. The molecule has 7 rings (SSSR count). The number of carbonyl (C=O) groups excluding carboxylic acids is 1. The Kier molecular flexibility index (Phi) is 7.81. The third kappa shape index (κ3) is 5.27. The van der Waals surface area contributed by atoms with Crippen LogP contribution in [0.2, 0.25) is 0 Å². The van der Waals surface area contributed by atoms with Crippen LogP contribution in [0.4, 0.5) is 14.6 Å². The maximum atomic E-state index is 16.7. The molecule has 4 aliphatic rings. The fraction of sp³-hybridized carbons (Fsp3) is 0.515. The van der Waals surface area contributed by atoms with Crippen LogP contribution in [-0.4, -0.2) is 86.6 Å². The number of pyridine rings is 2. The maximum absolute atomic E-state index is 16.7. The van der Waals surface area contributed by atoms with E-state index in [0.29, 0.717) is 23.4 Å². The van der Waals surface area contributed by atoms with Gasteiger partial charge >= 0.3 is 6.01 Å². The van der Waals surface area contributed by atoms with E-state index in [0.717, 1.165) is 75.6 Å². The number of halogens is 2. The number of ether oxygens (including phenoxy) is 1. The highest BCUT2D eigenvalue weighted by Crippen LogP contribution is 2.40. The average molecular weight is 615 g/mol. The summed E-state index contributed by atoms with van der Waals surface area (Å²) in [7, 11) is 0. The van der Waals surface area contributed by atoms with Gasteiger partial charge in [0.15, 0.2) is 11.6 Å². The van der Waals surface area contributed by atoms with Crippen molar-refractivity contribution >= 4 is 22.6 Å². The fourth-order valence-corrected chi connectivity index (χ4v) is 7.79. The largest absolute Gasteiger partial charge is 0.461 e. The predicted octanol–water partition coefficient (Wildman–Crippen LogP) is 4.53. The third-order valence-electron chi connectivity index (χ3n) is 10.1. The van der Waals surface area contributed by atoms with E-state index in [2.05, 4.69) is 32.5 Å². The van der Waals surface area contributed by atoms with Crippen LogP contribution in [-0.2, 0) is 17.6 Å². The van der Waals surface area contributed by atoms with Crippen LogP contribution in [0.15, 0.2) is 31.0 Å². The fourth-order valence-electron chi connectivity index (χ4n) is 7.79. The molecule has 1 atom stereocenters. The van der Waals surface area contributed by atoms with Crippen molar-refractivity contribution in [1.29, 1.82) is 5.26 Å². The van der Waals surface area contributed by atoms with Crippen LogP contribution in [0.3, 0.4) is 0 Å². The summed E-state index contributed by atoms with van der Waals surface area (Å²) in [4.78, 5) is 36.6. The minimum atomic E-state index is -1.07. The normalized spacial score (nSPS) is 21.0. The zero-order valence-electron chi connectivity index (χ0n) is 25.3. The second-order valence-electron chi connectivity index (χ2n) is 12.6. The Labute approximate surface area is 260 Å². The molecule has 10 nitrogen and oxygen atoms in total. The van der Waals surface area contributed by atoms with Gasteiger partial charge in [-0.25, -0.2) is 8.78 Å². The molecule has 0 spiro atoms. The van der Waals surface area contributed by atoms with E-state index in [1.54, 1.807) is 12.4 Å². The number of carbonyl (C=O) groups is 1. The van der Waals surface area contributed by atoms with Crippen molar-refractivity contribution in [3.8, 4) is 23.3 Å². The van der Waals surface area contributed by atoms with Gasteiger partial charge in [0.05, 0.1) is 29.5 Å². The number of hydrogen-bond acceptors (Lipinski definition) is 9. The van der Waals surface area contributed by atoms with Gasteiger partial charge < -0.3 is 14.5 Å². The molecule has 3 aromatic rings. The van der Waals surface area contributed by atoms with Crippen LogP contribution in [0.25, 0.3) is 22.2 Å². The van der Waals surface area contributed by atoms with Crippen molar-refractivity contribution in [1.82, 2.24) is 29.7 Å². The molecule has 45 heavy (non-hydrogen) atoms. The minimum Gasteiger partial charge on any atom is -0.461 e. The first-order valence-corrected chi connectivity index (χ1v) is 15.9. The second-order valence-corrected chi connectivity index (χ2v) is 12.6. The SMILES string of the molecule is C=C(F)C(=O)N1CCN(c2nc(OCC34CCCN3CCC4)nc3c(F)c(-c4cncc5c4CCCC5)ncc23)C[C@@H]1CC#N. The van der Waals surface area contributed by atoms with Crippen LogP contribution in [0, 0.1) is 17.1 Å². The summed E-state index contributed by atoms with van der Waals surface area (Å²) in [5.41, 5.74) is 3.09. The van der Waals surface area contributed by atoms with Crippen molar-refractivity contribution in [2.24, 2.45) is 0 Å². The smallest absolute Gasteiger partial charge is 0.319 e. The Bertz CT molecular complexity index is 1700. The first-order chi connectivity index (χ1) is 21.9. The van der Waals surface area contributed by atoms with Crippen LogP contribution in [0.5, 0.6) is 6.01 Å². The van der Waals surface area contributed by atoms with E-state index in [1.807, 2.05) is 11.1 Å². The van der Waals surface area contributed by atoms with Gasteiger partial charge in [0, 0.05) is 43.8 Å². The molecule has 3 saturated heterocycles. The van der Waals surface area contributed by atoms with Crippen LogP contribution < -0.4 is 9.64 Å². The molecule has 0 unspecified atom stereocenters. The highest BCUT2D eigenvalue weighted by atomic mass is 19.1. The van der Waals surface area contributed by atoms with Crippen LogP contribution >= 0.6 is 0 Å². The zero-order valence-corrected chi connectivity index (χ0v) is 25.3. The summed E-state index contributed by atoms with van der Waals surface area (Å²) in [5.74, 6) is -2.07. The topological polar surface area (TPSA) is 111 Å². The number of nitrogens with zero attached hydrogens (tertiary/aromatic N) is 8. The highest BCUT2D eigenvalue weighted by molar-refractivity contribution is 5.93. The van der Waals surface area contributed by atoms with Crippen LogP contribution in [0.1, 0.15) is 56.1 Å². The maximum Gasteiger partial charge on any atom is 0.319 e. The summed E-state index contributed by atoms with van der Waals surface area (Å²) >= 11 is 0. The van der Waals surface area contributed by atoms with E-state index < -0.39 is 23.6 Å².